The van der Waals surface area contributed by atoms with E-state index in [-0.39, 0.29) is 24.0 Å². The molecule has 8 nitrogen and oxygen atoms in total. The standard InChI is InChI=1S/C22H28N4O4/c1-12-21(13(2)30-26-12)14-3-8-17(23-15-4-6-16(27)7-5-15)19(11-14)25-22(29)18-9-10-20(28)24-18/h3,8,11,15-16,18,23,27H,4-7,9-10H2,1-2H3,(H,24,28)(H,25,29)/t15-,16-,18-/m0/s1. The Morgan fingerprint density at radius 3 is 2.57 bits per heavy atom. The minimum Gasteiger partial charge on any atom is -0.393 e. The molecular weight excluding hydrogens is 384 g/mol. The maximum absolute atomic E-state index is 12.8. The monoisotopic (exact) mass is 412 g/mol. The number of aromatic nitrogens is 1. The first-order valence-electron chi connectivity index (χ1n) is 10.5. The average Bonchev–Trinajstić information content (AvgIpc) is 3.30. The molecule has 1 aliphatic carbocycles. The van der Waals surface area contributed by atoms with E-state index in [1.807, 2.05) is 32.0 Å². The highest BCUT2D eigenvalue weighted by Crippen LogP contribution is 2.34. The van der Waals surface area contributed by atoms with E-state index in [0.717, 1.165) is 54.0 Å². The van der Waals surface area contributed by atoms with Crippen LogP contribution in [0.1, 0.15) is 50.0 Å². The van der Waals surface area contributed by atoms with Gasteiger partial charge in [-0.25, -0.2) is 0 Å². The van der Waals surface area contributed by atoms with Crippen molar-refractivity contribution in [1.29, 1.82) is 0 Å². The Labute approximate surface area is 175 Å². The molecule has 1 saturated carbocycles. The zero-order valence-electron chi connectivity index (χ0n) is 17.3. The number of anilines is 2. The fraction of sp³-hybridized carbons (Fsp3) is 0.500. The zero-order chi connectivity index (χ0) is 21.3. The normalized spacial score (nSPS) is 23.8. The van der Waals surface area contributed by atoms with Gasteiger partial charge in [0.25, 0.3) is 0 Å². The maximum atomic E-state index is 12.8. The molecule has 1 aromatic carbocycles. The number of rotatable bonds is 5. The molecule has 0 unspecified atom stereocenters. The van der Waals surface area contributed by atoms with Crippen molar-refractivity contribution < 1.29 is 19.2 Å². The summed E-state index contributed by atoms with van der Waals surface area (Å²) in [5.74, 6) is 0.396. The molecule has 4 rings (SSSR count). The van der Waals surface area contributed by atoms with Crippen molar-refractivity contribution >= 4 is 23.2 Å². The molecule has 0 bridgehead atoms. The van der Waals surface area contributed by atoms with Gasteiger partial charge in [-0.1, -0.05) is 11.2 Å². The predicted molar refractivity (Wildman–Crippen MR) is 113 cm³/mol. The molecule has 2 fully saturated rings. The first-order chi connectivity index (χ1) is 14.4. The van der Waals surface area contributed by atoms with Gasteiger partial charge in [-0.05, 0) is 63.6 Å². The molecule has 0 spiro atoms. The molecule has 30 heavy (non-hydrogen) atoms. The second kappa shape index (κ2) is 8.47. The van der Waals surface area contributed by atoms with Crippen molar-refractivity contribution in [1.82, 2.24) is 10.5 Å². The van der Waals surface area contributed by atoms with Gasteiger partial charge in [0.1, 0.15) is 11.8 Å². The third kappa shape index (κ3) is 4.33. The molecule has 2 aromatic rings. The van der Waals surface area contributed by atoms with Gasteiger partial charge in [-0.15, -0.1) is 0 Å². The molecule has 160 valence electrons. The molecule has 2 amide bonds. The first kappa shape index (κ1) is 20.4. The van der Waals surface area contributed by atoms with E-state index in [0.29, 0.717) is 18.5 Å². The summed E-state index contributed by atoms with van der Waals surface area (Å²) in [7, 11) is 0. The third-order valence-corrected chi connectivity index (χ3v) is 5.97. The Morgan fingerprint density at radius 1 is 1.17 bits per heavy atom. The number of benzene rings is 1. The van der Waals surface area contributed by atoms with E-state index >= 15 is 0 Å². The van der Waals surface area contributed by atoms with Crippen LogP contribution in [0.4, 0.5) is 11.4 Å². The molecule has 1 aliphatic heterocycles. The van der Waals surface area contributed by atoms with Gasteiger partial charge in [0.15, 0.2) is 0 Å². The molecule has 2 aliphatic rings. The van der Waals surface area contributed by atoms with Crippen molar-refractivity contribution in [2.45, 2.75) is 70.6 Å². The zero-order valence-corrected chi connectivity index (χ0v) is 17.3. The highest BCUT2D eigenvalue weighted by Gasteiger charge is 2.28. The molecular formula is C22H28N4O4. The van der Waals surface area contributed by atoms with E-state index < -0.39 is 6.04 Å². The minimum atomic E-state index is -0.516. The first-order valence-corrected chi connectivity index (χ1v) is 10.5. The summed E-state index contributed by atoms with van der Waals surface area (Å²) in [6.45, 7) is 3.75. The largest absolute Gasteiger partial charge is 0.393 e. The summed E-state index contributed by atoms with van der Waals surface area (Å²) in [6, 6.07) is 5.58. The highest BCUT2D eigenvalue weighted by atomic mass is 16.5. The van der Waals surface area contributed by atoms with Gasteiger partial charge in [0.2, 0.25) is 11.8 Å². The van der Waals surface area contributed by atoms with Gasteiger partial charge in [-0.3, -0.25) is 9.59 Å². The lowest BCUT2D eigenvalue weighted by Crippen LogP contribution is -2.37. The van der Waals surface area contributed by atoms with Crippen LogP contribution in [0, 0.1) is 13.8 Å². The van der Waals surface area contributed by atoms with E-state index in [1.165, 1.54) is 0 Å². The third-order valence-electron chi connectivity index (χ3n) is 5.97. The van der Waals surface area contributed by atoms with E-state index in [2.05, 4.69) is 21.1 Å². The number of nitrogens with one attached hydrogen (secondary N) is 3. The number of hydrogen-bond acceptors (Lipinski definition) is 6. The number of carbonyl (C=O) groups excluding carboxylic acids is 2. The van der Waals surface area contributed by atoms with Crippen LogP contribution in [-0.4, -0.2) is 40.3 Å². The molecule has 1 saturated heterocycles. The maximum Gasteiger partial charge on any atom is 0.247 e. The van der Waals surface area contributed by atoms with Crippen LogP contribution in [0.2, 0.25) is 0 Å². The SMILES string of the molecule is Cc1noc(C)c1-c1ccc(N[C@H]2CC[C@H](O)CC2)c(NC(=O)[C@@H]2CCC(=O)N2)c1. The van der Waals surface area contributed by atoms with Gasteiger partial charge in [0.05, 0.1) is 23.2 Å². The summed E-state index contributed by atoms with van der Waals surface area (Å²) in [4.78, 5) is 24.3. The molecule has 8 heteroatoms. The highest BCUT2D eigenvalue weighted by molar-refractivity contribution is 6.01. The molecule has 1 atom stereocenters. The van der Waals surface area contributed by atoms with Gasteiger partial charge in [0, 0.05) is 18.0 Å². The lowest BCUT2D eigenvalue weighted by atomic mass is 9.92. The summed E-state index contributed by atoms with van der Waals surface area (Å²) < 4.78 is 5.30. The van der Waals surface area contributed by atoms with Crippen LogP contribution in [0.5, 0.6) is 0 Å². The Hall–Kier alpha value is -2.87. The number of aliphatic hydroxyl groups is 1. The van der Waals surface area contributed by atoms with Crippen LogP contribution in [0.15, 0.2) is 22.7 Å². The van der Waals surface area contributed by atoms with E-state index in [4.69, 9.17) is 4.52 Å². The quantitative estimate of drug-likeness (QED) is 0.600. The summed E-state index contributed by atoms with van der Waals surface area (Å²) >= 11 is 0. The lowest BCUT2D eigenvalue weighted by molar-refractivity contribution is -0.122. The van der Waals surface area contributed by atoms with Crippen molar-refractivity contribution in [2.24, 2.45) is 0 Å². The fourth-order valence-corrected chi connectivity index (χ4v) is 4.29. The second-order valence-electron chi connectivity index (χ2n) is 8.26. The van der Waals surface area contributed by atoms with E-state index in [1.54, 1.807) is 0 Å². The smallest absolute Gasteiger partial charge is 0.247 e. The topological polar surface area (TPSA) is 116 Å². The minimum absolute atomic E-state index is 0.0984. The van der Waals surface area contributed by atoms with Crippen molar-refractivity contribution in [2.75, 3.05) is 10.6 Å². The summed E-state index contributed by atoms with van der Waals surface area (Å²) in [5.41, 5.74) is 4.08. The van der Waals surface area contributed by atoms with Crippen molar-refractivity contribution in [3.8, 4) is 11.1 Å². The number of aliphatic hydroxyl groups excluding tert-OH is 1. The Kier molecular flexibility index (Phi) is 5.76. The van der Waals surface area contributed by atoms with E-state index in [9.17, 15) is 14.7 Å². The molecule has 0 radical (unpaired) electrons. The number of amides is 2. The van der Waals surface area contributed by atoms with Gasteiger partial charge in [-0.2, -0.15) is 0 Å². The summed E-state index contributed by atoms with van der Waals surface area (Å²) in [6.07, 6.45) is 3.92. The number of nitrogens with zero attached hydrogens (tertiary/aromatic N) is 1. The van der Waals surface area contributed by atoms with Gasteiger partial charge >= 0.3 is 0 Å². The van der Waals surface area contributed by atoms with Crippen LogP contribution in [-0.2, 0) is 9.59 Å². The average molecular weight is 412 g/mol. The Morgan fingerprint density at radius 2 is 1.93 bits per heavy atom. The van der Waals surface area contributed by atoms with Crippen LogP contribution in [0.25, 0.3) is 11.1 Å². The molecule has 2 heterocycles. The molecule has 4 N–H and O–H groups in total. The van der Waals surface area contributed by atoms with Crippen molar-refractivity contribution in [3.63, 3.8) is 0 Å². The van der Waals surface area contributed by atoms with Crippen LogP contribution >= 0.6 is 0 Å². The number of hydrogen-bond donors (Lipinski definition) is 4. The number of aryl methyl sites for hydroxylation is 2. The fourth-order valence-electron chi connectivity index (χ4n) is 4.29. The van der Waals surface area contributed by atoms with Crippen LogP contribution < -0.4 is 16.0 Å². The van der Waals surface area contributed by atoms with Crippen LogP contribution in [0.3, 0.4) is 0 Å². The van der Waals surface area contributed by atoms with Gasteiger partial charge < -0.3 is 25.6 Å². The second-order valence-corrected chi connectivity index (χ2v) is 8.26. The van der Waals surface area contributed by atoms with Crippen molar-refractivity contribution in [3.05, 3.63) is 29.7 Å². The predicted octanol–water partition coefficient (Wildman–Crippen LogP) is 2.89. The summed E-state index contributed by atoms with van der Waals surface area (Å²) in [5, 5.41) is 23.0. The Balaban J connectivity index is 1.61. The number of carbonyl (C=O) groups is 2. The Bertz CT molecular complexity index is 927. The lowest BCUT2D eigenvalue weighted by Gasteiger charge is -2.28. The molecule has 1 aromatic heterocycles.